The Hall–Kier alpha value is -3.59. The largest absolute Gasteiger partial charge is 0.496 e. The van der Waals surface area contributed by atoms with E-state index >= 15 is 0 Å². The Bertz CT molecular complexity index is 1300. The molecule has 4 rings (SSSR count). The molecule has 1 saturated heterocycles. The Morgan fingerprint density at radius 2 is 1.94 bits per heavy atom. The maximum atomic E-state index is 13.8. The number of thioether (sulfide) groups is 1. The van der Waals surface area contributed by atoms with Gasteiger partial charge in [0.05, 0.1) is 23.2 Å². The van der Waals surface area contributed by atoms with E-state index in [0.29, 0.717) is 11.3 Å². The second-order valence-corrected chi connectivity index (χ2v) is 9.94. The number of hydrogen-bond acceptors (Lipinski definition) is 6. The molecule has 182 valence electrons. The van der Waals surface area contributed by atoms with Gasteiger partial charge in [-0.05, 0) is 62.4 Å². The van der Waals surface area contributed by atoms with Crippen LogP contribution in [0.25, 0.3) is 11.6 Å². The monoisotopic (exact) mass is 495 g/mol. The SMILES string of the molecule is COc1cc2c(cc1/C=C1/SC(=O)N(CC(=O)Nc3ccccc3F)C1=O)C(C)=CC(C)(C)N2C. The molecule has 0 unspecified atom stereocenters. The van der Waals surface area contributed by atoms with Crippen LogP contribution in [-0.2, 0) is 9.59 Å². The first-order valence-electron chi connectivity index (χ1n) is 11.0. The molecule has 2 aromatic carbocycles. The van der Waals surface area contributed by atoms with E-state index in [0.717, 1.165) is 33.5 Å². The van der Waals surface area contributed by atoms with Crippen molar-refractivity contribution in [3.8, 4) is 5.75 Å². The van der Waals surface area contributed by atoms with Crippen LogP contribution in [0.3, 0.4) is 0 Å². The summed E-state index contributed by atoms with van der Waals surface area (Å²) in [5.74, 6) is -1.30. The third-order valence-corrected chi connectivity index (χ3v) is 7.09. The molecule has 0 aliphatic carbocycles. The summed E-state index contributed by atoms with van der Waals surface area (Å²) < 4.78 is 19.4. The van der Waals surface area contributed by atoms with Crippen molar-refractivity contribution in [2.75, 3.05) is 30.9 Å². The summed E-state index contributed by atoms with van der Waals surface area (Å²) in [6.45, 7) is 5.77. The van der Waals surface area contributed by atoms with Gasteiger partial charge in [0.25, 0.3) is 11.1 Å². The van der Waals surface area contributed by atoms with Gasteiger partial charge in [-0.3, -0.25) is 19.3 Å². The maximum Gasteiger partial charge on any atom is 0.294 e. The Labute approximate surface area is 207 Å². The van der Waals surface area contributed by atoms with Crippen LogP contribution in [0, 0.1) is 5.82 Å². The van der Waals surface area contributed by atoms with Gasteiger partial charge in [0.1, 0.15) is 18.1 Å². The smallest absolute Gasteiger partial charge is 0.294 e. The second-order valence-electron chi connectivity index (χ2n) is 8.95. The number of carbonyl (C=O) groups is 3. The van der Waals surface area contributed by atoms with Gasteiger partial charge in [-0.2, -0.15) is 0 Å². The Morgan fingerprint density at radius 1 is 1.23 bits per heavy atom. The molecule has 0 aromatic heterocycles. The second kappa shape index (κ2) is 9.22. The van der Waals surface area contributed by atoms with Crippen molar-refractivity contribution in [1.29, 1.82) is 0 Å². The molecule has 3 amide bonds. The molecule has 2 heterocycles. The van der Waals surface area contributed by atoms with Crippen molar-refractivity contribution in [3.05, 3.63) is 64.3 Å². The third-order valence-electron chi connectivity index (χ3n) is 6.18. The van der Waals surface area contributed by atoms with Gasteiger partial charge in [-0.15, -0.1) is 0 Å². The fourth-order valence-corrected chi connectivity index (χ4v) is 4.99. The van der Waals surface area contributed by atoms with Crippen LogP contribution in [0.2, 0.25) is 0 Å². The van der Waals surface area contributed by atoms with E-state index in [1.165, 1.54) is 18.2 Å². The van der Waals surface area contributed by atoms with Gasteiger partial charge in [0.2, 0.25) is 5.91 Å². The van der Waals surface area contributed by atoms with Crippen LogP contribution < -0.4 is 15.0 Å². The predicted molar refractivity (Wildman–Crippen MR) is 137 cm³/mol. The minimum Gasteiger partial charge on any atom is -0.496 e. The summed E-state index contributed by atoms with van der Waals surface area (Å²) in [7, 11) is 3.56. The van der Waals surface area contributed by atoms with Crippen molar-refractivity contribution >= 4 is 51.8 Å². The minimum atomic E-state index is -0.670. The minimum absolute atomic E-state index is 0.0182. The normalized spacial score (nSPS) is 18.0. The number of nitrogens with zero attached hydrogens (tertiary/aromatic N) is 2. The topological polar surface area (TPSA) is 79.0 Å². The number of ether oxygens (including phenoxy) is 1. The van der Waals surface area contributed by atoms with E-state index in [9.17, 15) is 18.8 Å². The van der Waals surface area contributed by atoms with Crippen molar-refractivity contribution in [2.45, 2.75) is 26.3 Å². The number of likely N-dealkylation sites (N-methyl/N-ethyl adjacent to an activating group) is 1. The van der Waals surface area contributed by atoms with Crippen molar-refractivity contribution < 1.29 is 23.5 Å². The number of methoxy groups -OCH3 is 1. The van der Waals surface area contributed by atoms with E-state index in [1.54, 1.807) is 19.3 Å². The zero-order valence-corrected chi connectivity index (χ0v) is 21.0. The summed E-state index contributed by atoms with van der Waals surface area (Å²) >= 11 is 0.750. The Morgan fingerprint density at radius 3 is 2.63 bits per heavy atom. The number of rotatable bonds is 5. The lowest BCUT2D eigenvalue weighted by atomic mass is 9.88. The van der Waals surface area contributed by atoms with Gasteiger partial charge in [-0.1, -0.05) is 18.2 Å². The molecule has 1 N–H and O–H groups in total. The van der Waals surface area contributed by atoms with Crippen molar-refractivity contribution in [3.63, 3.8) is 0 Å². The first-order chi connectivity index (χ1) is 16.5. The number of carbonyl (C=O) groups excluding carboxylic acids is 3. The van der Waals surface area contributed by atoms with Gasteiger partial charge in [0, 0.05) is 29.9 Å². The number of halogens is 1. The number of amides is 3. The zero-order chi connectivity index (χ0) is 25.5. The van der Waals surface area contributed by atoms with Gasteiger partial charge in [0.15, 0.2) is 0 Å². The average molecular weight is 496 g/mol. The van der Waals surface area contributed by atoms with E-state index in [4.69, 9.17) is 4.74 Å². The molecule has 2 aliphatic rings. The molecule has 0 atom stereocenters. The van der Waals surface area contributed by atoms with Gasteiger partial charge >= 0.3 is 0 Å². The zero-order valence-electron chi connectivity index (χ0n) is 20.1. The molecule has 2 aromatic rings. The summed E-state index contributed by atoms with van der Waals surface area (Å²) in [4.78, 5) is 41.0. The third kappa shape index (κ3) is 4.68. The van der Waals surface area contributed by atoms with E-state index in [1.807, 2.05) is 26.1 Å². The maximum absolute atomic E-state index is 13.8. The van der Waals surface area contributed by atoms with E-state index in [2.05, 4.69) is 30.1 Å². The van der Waals surface area contributed by atoms with Crippen LogP contribution in [-0.4, -0.2) is 48.2 Å². The lowest BCUT2D eigenvalue weighted by Gasteiger charge is -2.41. The number of imide groups is 1. The molecule has 7 nitrogen and oxygen atoms in total. The van der Waals surface area contributed by atoms with Gasteiger partial charge < -0.3 is 15.0 Å². The van der Waals surface area contributed by atoms with E-state index in [-0.39, 0.29) is 16.1 Å². The molecule has 1 fully saturated rings. The number of benzene rings is 2. The fourth-order valence-electron chi connectivity index (χ4n) is 4.16. The quantitative estimate of drug-likeness (QED) is 0.579. The number of nitrogens with one attached hydrogen (secondary N) is 1. The first kappa shape index (κ1) is 24.5. The summed E-state index contributed by atoms with van der Waals surface area (Å²) in [5.41, 5.74) is 3.56. The number of hydrogen-bond donors (Lipinski definition) is 1. The Kier molecular flexibility index (Phi) is 6.46. The number of fused-ring (bicyclic) bond motifs is 1. The highest BCUT2D eigenvalue weighted by molar-refractivity contribution is 8.18. The fraction of sp³-hybridized carbons (Fsp3) is 0.269. The van der Waals surface area contributed by atoms with Crippen LogP contribution >= 0.6 is 11.8 Å². The molecule has 0 saturated carbocycles. The molecule has 2 aliphatic heterocycles. The van der Waals surface area contributed by atoms with Gasteiger partial charge in [-0.25, -0.2) is 4.39 Å². The molecule has 0 radical (unpaired) electrons. The lowest BCUT2D eigenvalue weighted by Crippen LogP contribution is -2.42. The molecular formula is C26H26FN3O4S. The molecular weight excluding hydrogens is 469 g/mol. The summed E-state index contributed by atoms with van der Waals surface area (Å²) in [6.07, 6.45) is 3.78. The standard InChI is InChI=1S/C26H26FN3O4S/c1-15-13-26(2,3)29(4)20-12-21(34-5)16(10-17(15)20)11-22-24(32)30(25(33)35-22)14-23(31)28-19-9-7-6-8-18(19)27/h6-13H,14H2,1-5H3,(H,28,31)/b22-11+. The number of allylic oxidation sites excluding steroid dienone is 1. The number of anilines is 2. The van der Waals surface area contributed by atoms with Crippen molar-refractivity contribution in [2.24, 2.45) is 0 Å². The van der Waals surface area contributed by atoms with Crippen LogP contribution in [0.4, 0.5) is 20.6 Å². The van der Waals surface area contributed by atoms with E-state index < -0.39 is 29.4 Å². The highest BCUT2D eigenvalue weighted by atomic mass is 32.2. The lowest BCUT2D eigenvalue weighted by molar-refractivity contribution is -0.127. The highest BCUT2D eigenvalue weighted by Gasteiger charge is 2.37. The van der Waals surface area contributed by atoms with Crippen LogP contribution in [0.1, 0.15) is 31.9 Å². The number of para-hydroxylation sites is 1. The molecule has 9 heteroatoms. The highest BCUT2D eigenvalue weighted by Crippen LogP contribution is 2.42. The Balaban J connectivity index is 1.59. The first-order valence-corrected chi connectivity index (χ1v) is 11.8. The average Bonchev–Trinajstić information content (AvgIpc) is 3.06. The molecule has 0 spiro atoms. The molecule has 35 heavy (non-hydrogen) atoms. The predicted octanol–water partition coefficient (Wildman–Crippen LogP) is 5.14. The molecule has 0 bridgehead atoms. The van der Waals surface area contributed by atoms with Crippen LogP contribution in [0.5, 0.6) is 5.75 Å². The summed E-state index contributed by atoms with van der Waals surface area (Å²) in [6, 6.07) is 9.54. The van der Waals surface area contributed by atoms with Crippen LogP contribution in [0.15, 0.2) is 47.4 Å². The summed E-state index contributed by atoms with van der Waals surface area (Å²) in [5, 5.41) is 1.82. The van der Waals surface area contributed by atoms with Crippen molar-refractivity contribution in [1.82, 2.24) is 4.90 Å².